The average molecular weight is 569 g/mol. The Morgan fingerprint density at radius 2 is 1.36 bits per heavy atom. The van der Waals surface area contributed by atoms with Crippen LogP contribution < -0.4 is 14.2 Å². The van der Waals surface area contributed by atoms with Crippen molar-refractivity contribution in [2.75, 3.05) is 13.2 Å². The first-order valence-corrected chi connectivity index (χ1v) is 16.0. The van der Waals surface area contributed by atoms with Crippen LogP contribution in [0.4, 0.5) is 0 Å². The highest BCUT2D eigenvalue weighted by Crippen LogP contribution is 2.39. The van der Waals surface area contributed by atoms with Crippen LogP contribution >= 0.6 is 0 Å². The largest absolute Gasteiger partial charge is 0.493 e. The van der Waals surface area contributed by atoms with Gasteiger partial charge in [0.05, 0.1) is 13.2 Å². The van der Waals surface area contributed by atoms with Crippen LogP contribution in [0.1, 0.15) is 95.0 Å². The van der Waals surface area contributed by atoms with Crippen molar-refractivity contribution in [3.8, 4) is 17.2 Å². The van der Waals surface area contributed by atoms with E-state index in [9.17, 15) is 4.79 Å². The van der Waals surface area contributed by atoms with Gasteiger partial charge in [-0.1, -0.05) is 120 Å². The zero-order valence-corrected chi connectivity index (χ0v) is 26.2. The lowest BCUT2D eigenvalue weighted by molar-refractivity contribution is 0.0731. The van der Waals surface area contributed by atoms with Crippen LogP contribution in [0.2, 0.25) is 0 Å². The number of carbonyl (C=O) groups is 1. The Morgan fingerprint density at radius 3 is 2.05 bits per heavy atom. The maximum Gasteiger partial charge on any atom is 0.347 e. The molecule has 0 aliphatic carbocycles. The van der Waals surface area contributed by atoms with Gasteiger partial charge in [-0.25, -0.2) is 4.79 Å². The van der Waals surface area contributed by atoms with E-state index in [1.807, 2.05) is 48.5 Å². The van der Waals surface area contributed by atoms with Gasteiger partial charge in [0, 0.05) is 16.2 Å². The molecule has 0 amide bonds. The molecule has 0 spiro atoms. The monoisotopic (exact) mass is 568 g/mol. The first kappa shape index (κ1) is 31.4. The molecule has 2 unspecified atom stereocenters. The van der Waals surface area contributed by atoms with Crippen molar-refractivity contribution < 1.29 is 19.0 Å². The number of hydrogen-bond donors (Lipinski definition) is 0. The van der Waals surface area contributed by atoms with Gasteiger partial charge >= 0.3 is 5.97 Å². The topological polar surface area (TPSA) is 44.8 Å². The van der Waals surface area contributed by atoms with Crippen molar-refractivity contribution in [3.05, 3.63) is 77.9 Å². The zero-order chi connectivity index (χ0) is 29.9. The number of carbonyl (C=O) groups excluding carboxylic acids is 1. The second-order valence-electron chi connectivity index (χ2n) is 11.6. The standard InChI is InChI=1S/C38H48O4/c1-6-10-15-28(8-3)25-40-36-24-34(38(39)42-35-20-14-18-30-17-12-13-19-31(30)35)37(32-22-21-27(5)23-33(32)36)41-26-29(9-4)16-11-7-2/h12-14,17-24,28-29H,6-11,15-16,25-26H2,1-5H3. The lowest BCUT2D eigenvalue weighted by atomic mass is 9.99. The smallest absolute Gasteiger partial charge is 0.347 e. The minimum atomic E-state index is -0.437. The SMILES string of the molecule is CCCCC(CC)COc1cc(C(=O)Oc2cccc3ccccc23)c(OCC(CC)CCCC)c2ccc(C)cc12. The fourth-order valence-corrected chi connectivity index (χ4v) is 5.55. The van der Waals surface area contributed by atoms with Crippen LogP contribution in [0.5, 0.6) is 17.2 Å². The van der Waals surface area contributed by atoms with Crippen LogP contribution in [-0.2, 0) is 0 Å². The predicted octanol–water partition coefficient (Wildman–Crippen LogP) is 10.7. The molecular weight excluding hydrogens is 520 g/mol. The molecule has 2 atom stereocenters. The average Bonchev–Trinajstić information content (AvgIpc) is 3.01. The molecule has 4 nitrogen and oxygen atoms in total. The van der Waals surface area contributed by atoms with Gasteiger partial charge in [0.2, 0.25) is 0 Å². The van der Waals surface area contributed by atoms with Gasteiger partial charge in [-0.05, 0) is 55.2 Å². The molecule has 0 fully saturated rings. The van der Waals surface area contributed by atoms with Crippen LogP contribution in [0, 0.1) is 18.8 Å². The Balaban J connectivity index is 1.76. The minimum absolute atomic E-state index is 0.404. The Kier molecular flexibility index (Phi) is 11.7. The number of benzene rings is 4. The molecule has 0 aromatic heterocycles. The van der Waals surface area contributed by atoms with Crippen molar-refractivity contribution in [3.63, 3.8) is 0 Å². The van der Waals surface area contributed by atoms with Gasteiger partial charge in [-0.3, -0.25) is 0 Å². The van der Waals surface area contributed by atoms with E-state index >= 15 is 0 Å². The van der Waals surface area contributed by atoms with Gasteiger partial charge in [0.15, 0.2) is 0 Å². The molecule has 0 aliphatic heterocycles. The first-order chi connectivity index (χ1) is 20.5. The fourth-order valence-electron chi connectivity index (χ4n) is 5.55. The molecule has 4 aromatic rings. The molecule has 42 heavy (non-hydrogen) atoms. The molecule has 0 heterocycles. The highest BCUT2D eigenvalue weighted by molar-refractivity contribution is 6.05. The number of ether oxygens (including phenoxy) is 3. The maximum atomic E-state index is 14.0. The van der Waals surface area contributed by atoms with E-state index in [2.05, 4.69) is 52.8 Å². The van der Waals surface area contributed by atoms with Crippen molar-refractivity contribution in [2.24, 2.45) is 11.8 Å². The normalized spacial score (nSPS) is 12.8. The molecule has 0 N–H and O–H groups in total. The third-order valence-electron chi connectivity index (χ3n) is 8.40. The zero-order valence-electron chi connectivity index (χ0n) is 26.2. The number of unbranched alkanes of at least 4 members (excludes halogenated alkanes) is 2. The summed E-state index contributed by atoms with van der Waals surface area (Å²) in [4.78, 5) is 14.0. The third kappa shape index (κ3) is 7.85. The summed E-state index contributed by atoms with van der Waals surface area (Å²) in [5, 5.41) is 3.78. The number of hydrogen-bond acceptors (Lipinski definition) is 4. The Bertz CT molecular complexity index is 1450. The van der Waals surface area contributed by atoms with Crippen molar-refractivity contribution in [1.82, 2.24) is 0 Å². The molecule has 0 saturated carbocycles. The van der Waals surface area contributed by atoms with Crippen molar-refractivity contribution in [1.29, 1.82) is 0 Å². The van der Waals surface area contributed by atoms with Crippen LogP contribution in [0.25, 0.3) is 21.5 Å². The number of fused-ring (bicyclic) bond motifs is 2. The number of rotatable bonds is 16. The highest BCUT2D eigenvalue weighted by Gasteiger charge is 2.24. The maximum absolute atomic E-state index is 14.0. The molecule has 4 rings (SSSR count). The first-order valence-electron chi connectivity index (χ1n) is 16.0. The fraction of sp³-hybridized carbons (Fsp3) is 0.447. The molecule has 4 heteroatoms. The Morgan fingerprint density at radius 1 is 0.690 bits per heavy atom. The van der Waals surface area contributed by atoms with E-state index in [4.69, 9.17) is 14.2 Å². The molecule has 0 bridgehead atoms. The van der Waals surface area contributed by atoms with Gasteiger partial charge in [-0.15, -0.1) is 0 Å². The van der Waals surface area contributed by atoms with Gasteiger partial charge in [0.25, 0.3) is 0 Å². The predicted molar refractivity (Wildman–Crippen MR) is 175 cm³/mol. The van der Waals surface area contributed by atoms with Gasteiger partial charge in [-0.2, -0.15) is 0 Å². The summed E-state index contributed by atoms with van der Waals surface area (Å²) in [6.45, 7) is 12.1. The van der Waals surface area contributed by atoms with E-state index in [1.54, 1.807) is 0 Å². The Labute approximate surface area is 252 Å². The summed E-state index contributed by atoms with van der Waals surface area (Å²) < 4.78 is 19.2. The summed E-state index contributed by atoms with van der Waals surface area (Å²) in [5.74, 6) is 2.28. The van der Waals surface area contributed by atoms with Crippen LogP contribution in [0.15, 0.2) is 66.7 Å². The van der Waals surface area contributed by atoms with Crippen molar-refractivity contribution >= 4 is 27.5 Å². The quantitative estimate of drug-likeness (QED) is 0.0996. The summed E-state index contributed by atoms with van der Waals surface area (Å²) in [6.07, 6.45) is 9.02. The summed E-state index contributed by atoms with van der Waals surface area (Å²) in [5.41, 5.74) is 1.54. The number of aryl methyl sites for hydroxylation is 1. The van der Waals surface area contributed by atoms with E-state index in [0.29, 0.717) is 47.9 Å². The second-order valence-corrected chi connectivity index (χ2v) is 11.6. The molecular formula is C38H48O4. The van der Waals surface area contributed by atoms with Gasteiger partial charge in [0.1, 0.15) is 22.8 Å². The molecule has 0 radical (unpaired) electrons. The van der Waals surface area contributed by atoms with Crippen LogP contribution in [0.3, 0.4) is 0 Å². The van der Waals surface area contributed by atoms with E-state index in [-0.39, 0.29) is 0 Å². The Hall–Kier alpha value is -3.53. The summed E-state index contributed by atoms with van der Waals surface area (Å²) in [6, 6.07) is 21.9. The van der Waals surface area contributed by atoms with Crippen LogP contribution in [-0.4, -0.2) is 19.2 Å². The highest BCUT2D eigenvalue weighted by atomic mass is 16.5. The molecule has 4 aromatic carbocycles. The minimum Gasteiger partial charge on any atom is -0.493 e. The molecule has 224 valence electrons. The lowest BCUT2D eigenvalue weighted by Crippen LogP contribution is -2.17. The van der Waals surface area contributed by atoms with E-state index in [1.165, 1.54) is 19.3 Å². The van der Waals surface area contributed by atoms with E-state index in [0.717, 1.165) is 59.2 Å². The van der Waals surface area contributed by atoms with Gasteiger partial charge < -0.3 is 14.2 Å². The molecule has 0 saturated heterocycles. The lowest BCUT2D eigenvalue weighted by Gasteiger charge is -2.22. The third-order valence-corrected chi connectivity index (χ3v) is 8.40. The summed E-state index contributed by atoms with van der Waals surface area (Å²) in [7, 11) is 0. The van der Waals surface area contributed by atoms with Crippen molar-refractivity contribution in [2.45, 2.75) is 86.0 Å². The summed E-state index contributed by atoms with van der Waals surface area (Å²) >= 11 is 0. The second kappa shape index (κ2) is 15.6. The molecule has 0 aliphatic rings. The van der Waals surface area contributed by atoms with E-state index < -0.39 is 5.97 Å². The number of esters is 1.